The van der Waals surface area contributed by atoms with E-state index < -0.39 is 0 Å². The Bertz CT molecular complexity index is 171. The minimum atomic E-state index is 0.309. The number of hydrogen-bond donors (Lipinski definition) is 1. The van der Waals surface area contributed by atoms with Gasteiger partial charge in [0.15, 0.2) is 0 Å². The topological polar surface area (TPSA) is 32.3 Å². The van der Waals surface area contributed by atoms with E-state index in [1.807, 2.05) is 11.2 Å². The van der Waals surface area contributed by atoms with Gasteiger partial charge in [-0.3, -0.25) is 4.79 Å². The maximum atomic E-state index is 11.7. The van der Waals surface area contributed by atoms with E-state index in [-0.39, 0.29) is 0 Å². The average molecular weight is 202 g/mol. The zero-order valence-corrected chi connectivity index (χ0v) is 9.19. The van der Waals surface area contributed by atoms with E-state index in [1.54, 1.807) is 11.8 Å². The van der Waals surface area contributed by atoms with Crippen LogP contribution in [0.25, 0.3) is 0 Å². The summed E-state index contributed by atoms with van der Waals surface area (Å²) < 4.78 is 0. The molecule has 0 radical (unpaired) electrons. The molecule has 0 unspecified atom stereocenters. The number of nitrogens with one attached hydrogen (secondary N) is 1. The molecule has 1 aliphatic rings. The molecule has 0 aromatic carbocycles. The Morgan fingerprint density at radius 3 is 2.69 bits per heavy atom. The summed E-state index contributed by atoms with van der Waals surface area (Å²) >= 11 is 1.73. The number of likely N-dealkylation sites (N-methyl/N-ethyl adjacent to an activating group) is 1. The lowest BCUT2D eigenvalue weighted by Gasteiger charge is -2.37. The molecule has 0 aromatic rings. The largest absolute Gasteiger partial charge is 0.337 e. The van der Waals surface area contributed by atoms with E-state index in [1.165, 1.54) is 0 Å². The summed E-state index contributed by atoms with van der Waals surface area (Å²) in [5, 5.41) is 3.19. The van der Waals surface area contributed by atoms with Crippen molar-refractivity contribution in [1.29, 1.82) is 0 Å². The van der Waals surface area contributed by atoms with Gasteiger partial charge in [-0.25, -0.2) is 0 Å². The van der Waals surface area contributed by atoms with Crippen molar-refractivity contribution in [1.82, 2.24) is 10.2 Å². The molecule has 1 heterocycles. The van der Waals surface area contributed by atoms with Gasteiger partial charge < -0.3 is 10.2 Å². The van der Waals surface area contributed by atoms with Crippen molar-refractivity contribution in [3.05, 3.63) is 0 Å². The average Bonchev–Trinajstić information content (AvgIpc) is 2.06. The summed E-state index contributed by atoms with van der Waals surface area (Å²) in [5.74, 6) is 1.25. The van der Waals surface area contributed by atoms with Gasteiger partial charge in [0.2, 0.25) is 5.91 Å². The Kier molecular flexibility index (Phi) is 4.59. The molecular formula is C9H18N2OS. The molecule has 4 heteroatoms. The third-order valence-corrected chi connectivity index (χ3v) is 2.99. The van der Waals surface area contributed by atoms with Crippen LogP contribution < -0.4 is 5.32 Å². The van der Waals surface area contributed by atoms with Gasteiger partial charge in [-0.15, -0.1) is 0 Å². The van der Waals surface area contributed by atoms with Crippen molar-refractivity contribution in [3.63, 3.8) is 0 Å². The fraction of sp³-hybridized carbons (Fsp3) is 0.889. The van der Waals surface area contributed by atoms with Crippen molar-refractivity contribution >= 4 is 17.7 Å². The van der Waals surface area contributed by atoms with Crippen LogP contribution in [-0.4, -0.2) is 48.5 Å². The lowest BCUT2D eigenvalue weighted by Crippen LogP contribution is -2.58. The van der Waals surface area contributed by atoms with Crippen molar-refractivity contribution in [2.24, 2.45) is 0 Å². The smallest absolute Gasteiger partial charge is 0.223 e. The highest BCUT2D eigenvalue weighted by Gasteiger charge is 2.26. The Balaban J connectivity index is 2.31. The Morgan fingerprint density at radius 2 is 2.31 bits per heavy atom. The van der Waals surface area contributed by atoms with Gasteiger partial charge in [-0.2, -0.15) is 11.8 Å². The minimum absolute atomic E-state index is 0.309. The number of nitrogens with zero attached hydrogens (tertiary/aromatic N) is 1. The Hall–Kier alpha value is -0.220. The molecule has 3 nitrogen and oxygen atoms in total. The molecule has 13 heavy (non-hydrogen) atoms. The normalized spacial score (nSPS) is 16.8. The van der Waals surface area contributed by atoms with Gasteiger partial charge >= 0.3 is 0 Å². The molecule has 1 rings (SSSR count). The zero-order valence-electron chi connectivity index (χ0n) is 8.38. The van der Waals surface area contributed by atoms with E-state index in [0.29, 0.717) is 18.4 Å². The fourth-order valence-corrected chi connectivity index (χ4v) is 1.84. The predicted molar refractivity (Wildman–Crippen MR) is 57.0 cm³/mol. The van der Waals surface area contributed by atoms with Crippen molar-refractivity contribution in [2.45, 2.75) is 19.4 Å². The van der Waals surface area contributed by atoms with Crippen LogP contribution in [0.3, 0.4) is 0 Å². The van der Waals surface area contributed by atoms with Gasteiger partial charge in [0, 0.05) is 31.8 Å². The second kappa shape index (κ2) is 5.50. The second-order valence-electron chi connectivity index (χ2n) is 3.23. The highest BCUT2D eigenvalue weighted by atomic mass is 32.2. The summed E-state index contributed by atoms with van der Waals surface area (Å²) in [4.78, 5) is 13.6. The molecule has 76 valence electrons. The van der Waals surface area contributed by atoms with E-state index in [0.717, 1.165) is 25.4 Å². The zero-order chi connectivity index (χ0) is 9.68. The first-order valence-electron chi connectivity index (χ1n) is 4.78. The third kappa shape index (κ3) is 2.88. The molecule has 1 aliphatic heterocycles. The van der Waals surface area contributed by atoms with Crippen LogP contribution in [0.1, 0.15) is 13.3 Å². The molecule has 0 atom stereocenters. The third-order valence-electron chi connectivity index (χ3n) is 2.38. The van der Waals surface area contributed by atoms with Crippen LogP contribution >= 0.6 is 11.8 Å². The number of thioether (sulfide) groups is 1. The number of rotatable bonds is 5. The number of carbonyl (C=O) groups excluding carboxylic acids is 1. The summed E-state index contributed by atoms with van der Waals surface area (Å²) in [6, 6.07) is 0.458. The van der Waals surface area contributed by atoms with E-state index in [2.05, 4.69) is 12.2 Å². The molecular weight excluding hydrogens is 184 g/mol. The second-order valence-corrected chi connectivity index (χ2v) is 4.22. The molecule has 1 fully saturated rings. The summed E-state index contributed by atoms with van der Waals surface area (Å²) in [7, 11) is 0. The Labute approximate surface area is 84.2 Å². The number of amides is 1. The lowest BCUT2D eigenvalue weighted by molar-refractivity contribution is -0.133. The maximum Gasteiger partial charge on any atom is 0.223 e. The first-order chi connectivity index (χ1) is 6.29. The van der Waals surface area contributed by atoms with Crippen molar-refractivity contribution < 1.29 is 4.79 Å². The standard InChI is InChI=1S/C9H18N2OS/c1-3-11(8-6-10-7-8)9(12)4-5-13-2/h8,10H,3-7H2,1-2H3. The summed E-state index contributed by atoms with van der Waals surface area (Å²) in [6.45, 7) is 4.84. The van der Waals surface area contributed by atoms with Crippen LogP contribution in [0.15, 0.2) is 0 Å². The van der Waals surface area contributed by atoms with Crippen molar-refractivity contribution in [2.75, 3.05) is 31.6 Å². The highest BCUT2D eigenvalue weighted by molar-refractivity contribution is 7.98. The van der Waals surface area contributed by atoms with E-state index in [9.17, 15) is 4.79 Å². The molecule has 0 aromatic heterocycles. The monoisotopic (exact) mass is 202 g/mol. The molecule has 0 aliphatic carbocycles. The van der Waals surface area contributed by atoms with Crippen LogP contribution in [0.5, 0.6) is 0 Å². The Morgan fingerprint density at radius 1 is 1.62 bits per heavy atom. The van der Waals surface area contributed by atoms with Crippen LogP contribution in [0, 0.1) is 0 Å². The SMILES string of the molecule is CCN(C(=O)CCSC)C1CNC1. The number of carbonyl (C=O) groups is 1. The first kappa shape index (κ1) is 10.9. The van der Waals surface area contributed by atoms with Gasteiger partial charge in [0.05, 0.1) is 6.04 Å². The summed E-state index contributed by atoms with van der Waals surface area (Å²) in [5.41, 5.74) is 0. The van der Waals surface area contributed by atoms with Gasteiger partial charge in [0.1, 0.15) is 0 Å². The highest BCUT2D eigenvalue weighted by Crippen LogP contribution is 2.08. The van der Waals surface area contributed by atoms with Crippen LogP contribution in [0.2, 0.25) is 0 Å². The van der Waals surface area contributed by atoms with Crippen LogP contribution in [0.4, 0.5) is 0 Å². The fourth-order valence-electron chi connectivity index (χ4n) is 1.46. The van der Waals surface area contributed by atoms with Gasteiger partial charge in [-0.1, -0.05) is 0 Å². The molecule has 0 saturated carbocycles. The predicted octanol–water partition coefficient (Wildman–Crippen LogP) is 0.560. The van der Waals surface area contributed by atoms with Gasteiger partial charge in [0.25, 0.3) is 0 Å². The van der Waals surface area contributed by atoms with Crippen LogP contribution in [-0.2, 0) is 4.79 Å². The van der Waals surface area contributed by atoms with E-state index in [4.69, 9.17) is 0 Å². The quantitative estimate of drug-likeness (QED) is 0.707. The summed E-state index contributed by atoms with van der Waals surface area (Å²) in [6.07, 6.45) is 2.72. The molecule has 1 saturated heterocycles. The maximum absolute atomic E-state index is 11.7. The van der Waals surface area contributed by atoms with Crippen molar-refractivity contribution in [3.8, 4) is 0 Å². The van der Waals surface area contributed by atoms with E-state index >= 15 is 0 Å². The lowest BCUT2D eigenvalue weighted by atomic mass is 10.1. The molecule has 0 bridgehead atoms. The molecule has 1 N–H and O–H groups in total. The molecule has 1 amide bonds. The van der Waals surface area contributed by atoms with Gasteiger partial charge in [-0.05, 0) is 13.2 Å². The first-order valence-corrected chi connectivity index (χ1v) is 6.18. The minimum Gasteiger partial charge on any atom is -0.337 e. The molecule has 0 spiro atoms. The number of hydrogen-bond acceptors (Lipinski definition) is 3.